The molecule has 9 aromatic carbocycles. The highest BCUT2D eigenvalue weighted by atomic mass is 16.3. The van der Waals surface area contributed by atoms with Crippen LogP contribution in [0.3, 0.4) is 0 Å². The van der Waals surface area contributed by atoms with Gasteiger partial charge in [0.1, 0.15) is 22.3 Å². The Balaban J connectivity index is 1.17. The predicted octanol–water partition coefficient (Wildman–Crippen LogP) is 15.4. The highest BCUT2D eigenvalue weighted by Crippen LogP contribution is 2.48. The smallest absolute Gasteiger partial charge is 0.143 e. The Kier molecular flexibility index (Phi) is 7.20. The maximum atomic E-state index is 6.74. The van der Waals surface area contributed by atoms with E-state index in [4.69, 9.17) is 8.83 Å². The van der Waals surface area contributed by atoms with Crippen molar-refractivity contribution < 1.29 is 8.83 Å². The number of fused-ring (bicyclic) bond motifs is 9. The number of furan rings is 2. The molecule has 0 radical (unpaired) electrons. The van der Waals surface area contributed by atoms with Crippen molar-refractivity contribution in [3.63, 3.8) is 0 Å². The van der Waals surface area contributed by atoms with E-state index >= 15 is 0 Å². The molecular weight excluding hydrogens is 709 g/mol. The molecule has 0 amide bonds. The molecule has 0 N–H and O–H groups in total. The Labute approximate surface area is 334 Å². The molecule has 4 nitrogen and oxygen atoms in total. The molecule has 0 aliphatic carbocycles. The van der Waals surface area contributed by atoms with E-state index in [9.17, 15) is 0 Å². The third kappa shape index (κ3) is 4.88. The average Bonchev–Trinajstić information content (AvgIpc) is 3.97. The van der Waals surface area contributed by atoms with Crippen LogP contribution in [0.15, 0.2) is 215 Å². The molecule has 0 saturated carbocycles. The lowest BCUT2D eigenvalue weighted by molar-refractivity contribution is 0.669. The van der Waals surface area contributed by atoms with Crippen LogP contribution in [0.25, 0.3) is 93.6 Å². The molecule has 4 heteroatoms. The number of hydrogen-bond donors (Lipinski definition) is 0. The highest BCUT2D eigenvalue weighted by molar-refractivity contribution is 6.17. The zero-order chi connectivity index (χ0) is 38.2. The summed E-state index contributed by atoms with van der Waals surface area (Å²) in [4.78, 5) is 2.40. The first-order valence-corrected chi connectivity index (χ1v) is 19.7. The minimum absolute atomic E-state index is 0.859. The fraction of sp³-hybridized carbons (Fsp3) is 0. The van der Waals surface area contributed by atoms with Crippen LogP contribution in [0.4, 0.5) is 17.1 Å². The van der Waals surface area contributed by atoms with E-state index < -0.39 is 0 Å². The predicted molar refractivity (Wildman–Crippen MR) is 241 cm³/mol. The van der Waals surface area contributed by atoms with E-state index in [1.807, 2.05) is 18.2 Å². The highest BCUT2D eigenvalue weighted by Gasteiger charge is 2.24. The zero-order valence-corrected chi connectivity index (χ0v) is 31.3. The van der Waals surface area contributed by atoms with Crippen LogP contribution in [0.1, 0.15) is 0 Å². The number of rotatable bonds is 6. The van der Waals surface area contributed by atoms with Gasteiger partial charge in [0.25, 0.3) is 0 Å². The van der Waals surface area contributed by atoms with Crippen LogP contribution in [0.2, 0.25) is 0 Å². The van der Waals surface area contributed by atoms with Gasteiger partial charge in [-0.05, 0) is 77.9 Å². The van der Waals surface area contributed by atoms with Crippen molar-refractivity contribution in [2.24, 2.45) is 0 Å². The van der Waals surface area contributed by atoms with Crippen LogP contribution in [0.5, 0.6) is 0 Å². The van der Waals surface area contributed by atoms with Gasteiger partial charge in [-0.25, -0.2) is 0 Å². The molecule has 3 aromatic heterocycles. The van der Waals surface area contributed by atoms with Gasteiger partial charge in [0.15, 0.2) is 0 Å². The zero-order valence-electron chi connectivity index (χ0n) is 31.3. The Hall–Kier alpha value is -7.82. The topological polar surface area (TPSA) is 34.5 Å². The molecule has 0 aliphatic heterocycles. The van der Waals surface area contributed by atoms with Gasteiger partial charge in [0, 0.05) is 60.5 Å². The van der Waals surface area contributed by atoms with Gasteiger partial charge in [-0.2, -0.15) is 0 Å². The number of benzene rings is 9. The summed E-state index contributed by atoms with van der Waals surface area (Å²) >= 11 is 0. The molecular formula is C54H34N2O2. The van der Waals surface area contributed by atoms with Crippen LogP contribution in [-0.2, 0) is 0 Å². The van der Waals surface area contributed by atoms with E-state index in [1.54, 1.807) is 0 Å². The van der Waals surface area contributed by atoms with E-state index in [2.05, 4.69) is 198 Å². The largest absolute Gasteiger partial charge is 0.455 e. The van der Waals surface area contributed by atoms with Gasteiger partial charge in [0.05, 0.1) is 16.7 Å². The van der Waals surface area contributed by atoms with Gasteiger partial charge < -0.3 is 18.3 Å². The minimum Gasteiger partial charge on any atom is -0.455 e. The fourth-order valence-electron chi connectivity index (χ4n) is 9.09. The summed E-state index contributed by atoms with van der Waals surface area (Å²) in [5.41, 5.74) is 14.3. The second-order valence-electron chi connectivity index (χ2n) is 14.8. The Bertz CT molecular complexity index is 3520. The standard InChI is InChI=1S/C54H34N2O2/c1-3-16-35(17-4-1)55(48-28-15-29-49-52(48)45-22-7-10-27-47(45)56(49)36-18-5-2-6-19-36)37-32-33-38(41-23-13-24-42-39-20-8-11-30-50(39)57-53(41)42)46(34-37)44-26-14-25-43-40-21-9-12-31-51(40)58-54(43)44/h1-34H. The number of anilines is 3. The summed E-state index contributed by atoms with van der Waals surface area (Å²) in [5, 5.41) is 6.77. The number of para-hydroxylation sites is 7. The normalized spacial score (nSPS) is 11.8. The third-order valence-corrected chi connectivity index (χ3v) is 11.6. The van der Waals surface area contributed by atoms with Crippen molar-refractivity contribution >= 4 is 82.7 Å². The van der Waals surface area contributed by atoms with Gasteiger partial charge in [-0.15, -0.1) is 0 Å². The van der Waals surface area contributed by atoms with E-state index in [0.717, 1.165) is 99.9 Å². The van der Waals surface area contributed by atoms with E-state index in [-0.39, 0.29) is 0 Å². The van der Waals surface area contributed by atoms with Gasteiger partial charge in [-0.1, -0.05) is 140 Å². The second kappa shape index (κ2) is 12.9. The monoisotopic (exact) mass is 742 g/mol. The lowest BCUT2D eigenvalue weighted by Gasteiger charge is -2.27. The van der Waals surface area contributed by atoms with Crippen molar-refractivity contribution in [1.29, 1.82) is 0 Å². The first-order chi connectivity index (χ1) is 28.8. The summed E-state index contributed by atoms with van der Waals surface area (Å²) in [6, 6.07) is 73.1. The summed E-state index contributed by atoms with van der Waals surface area (Å²) < 4.78 is 15.8. The molecule has 0 saturated heterocycles. The molecule has 12 rings (SSSR count). The number of nitrogens with zero attached hydrogens (tertiary/aromatic N) is 2. The Morgan fingerprint density at radius 1 is 0.345 bits per heavy atom. The van der Waals surface area contributed by atoms with Crippen molar-refractivity contribution in [3.05, 3.63) is 206 Å². The van der Waals surface area contributed by atoms with Crippen molar-refractivity contribution in [2.75, 3.05) is 4.90 Å². The molecule has 0 spiro atoms. The van der Waals surface area contributed by atoms with Crippen LogP contribution in [-0.4, -0.2) is 4.57 Å². The SMILES string of the molecule is c1ccc(N(c2ccc(-c3cccc4c3oc3ccccc34)c(-c3cccc4c3oc3ccccc34)c2)c2cccc3c2c2ccccc2n3-c2ccccc2)cc1. The van der Waals surface area contributed by atoms with Crippen LogP contribution in [0, 0.1) is 0 Å². The lowest BCUT2D eigenvalue weighted by Crippen LogP contribution is -2.10. The van der Waals surface area contributed by atoms with Crippen LogP contribution >= 0.6 is 0 Å². The van der Waals surface area contributed by atoms with E-state index in [0.29, 0.717) is 0 Å². The Morgan fingerprint density at radius 2 is 0.879 bits per heavy atom. The Morgan fingerprint density at radius 3 is 1.57 bits per heavy atom. The van der Waals surface area contributed by atoms with E-state index in [1.165, 1.54) is 10.8 Å². The molecule has 0 unspecified atom stereocenters. The first-order valence-electron chi connectivity index (χ1n) is 19.7. The maximum absolute atomic E-state index is 6.74. The first kappa shape index (κ1) is 32.4. The van der Waals surface area contributed by atoms with Gasteiger partial charge in [-0.3, -0.25) is 0 Å². The van der Waals surface area contributed by atoms with Crippen molar-refractivity contribution in [2.45, 2.75) is 0 Å². The number of hydrogen-bond acceptors (Lipinski definition) is 3. The summed E-state index contributed by atoms with van der Waals surface area (Å²) in [6.45, 7) is 0. The molecule has 0 atom stereocenters. The average molecular weight is 743 g/mol. The molecule has 0 aliphatic rings. The molecule has 272 valence electrons. The lowest BCUT2D eigenvalue weighted by atomic mass is 9.91. The molecule has 3 heterocycles. The van der Waals surface area contributed by atoms with Crippen molar-refractivity contribution in [3.8, 4) is 27.9 Å². The van der Waals surface area contributed by atoms with Crippen molar-refractivity contribution in [1.82, 2.24) is 4.57 Å². The minimum atomic E-state index is 0.859. The van der Waals surface area contributed by atoms with Gasteiger partial charge in [0.2, 0.25) is 0 Å². The molecule has 0 fully saturated rings. The molecule has 0 bridgehead atoms. The van der Waals surface area contributed by atoms with Crippen LogP contribution < -0.4 is 4.90 Å². The summed E-state index contributed by atoms with van der Waals surface area (Å²) in [6.07, 6.45) is 0. The molecule has 58 heavy (non-hydrogen) atoms. The third-order valence-electron chi connectivity index (χ3n) is 11.6. The maximum Gasteiger partial charge on any atom is 0.143 e. The second-order valence-corrected chi connectivity index (χ2v) is 14.8. The molecule has 12 aromatic rings. The summed E-state index contributed by atoms with van der Waals surface area (Å²) in [7, 11) is 0. The fourth-order valence-corrected chi connectivity index (χ4v) is 9.09. The summed E-state index contributed by atoms with van der Waals surface area (Å²) in [5.74, 6) is 0. The van der Waals surface area contributed by atoms with Gasteiger partial charge >= 0.3 is 0 Å². The number of aromatic nitrogens is 1. The quantitative estimate of drug-likeness (QED) is 0.170.